The molecule has 0 radical (unpaired) electrons. The summed E-state index contributed by atoms with van der Waals surface area (Å²) in [6.45, 7) is 0.205. The number of carboxylic acids is 1. The maximum Gasteiger partial charge on any atom is 0.337 e. The molecular weight excluding hydrogens is 258 g/mol. The number of aromatic carboxylic acids is 1. The second-order valence-electron chi connectivity index (χ2n) is 4.41. The van der Waals surface area contributed by atoms with E-state index >= 15 is 0 Å². The molecule has 100 valence electrons. The zero-order valence-electron chi connectivity index (χ0n) is 10.4. The lowest BCUT2D eigenvalue weighted by Gasteiger charge is -2.08. The molecule has 0 aliphatic rings. The van der Waals surface area contributed by atoms with E-state index in [4.69, 9.17) is 4.42 Å². The zero-order chi connectivity index (χ0) is 14.1. The summed E-state index contributed by atoms with van der Waals surface area (Å²) in [7, 11) is 0. The maximum atomic E-state index is 12.4. The maximum absolute atomic E-state index is 12.4. The second-order valence-corrected chi connectivity index (χ2v) is 4.41. The minimum atomic E-state index is -1.06. The van der Waals surface area contributed by atoms with E-state index < -0.39 is 5.97 Å². The lowest BCUT2D eigenvalue weighted by atomic mass is 10.1. The fraction of sp³-hybridized carbons (Fsp3) is 0.0667. The molecule has 2 aromatic heterocycles. The van der Waals surface area contributed by atoms with Crippen molar-refractivity contribution in [2.24, 2.45) is 0 Å². The van der Waals surface area contributed by atoms with E-state index in [0.717, 1.165) is 0 Å². The van der Waals surface area contributed by atoms with Crippen LogP contribution in [0.25, 0.3) is 10.8 Å². The molecule has 3 rings (SSSR count). The topological polar surface area (TPSA) is 72.4 Å². The minimum Gasteiger partial charge on any atom is -0.478 e. The average Bonchev–Trinajstić information content (AvgIpc) is 2.94. The van der Waals surface area contributed by atoms with Crippen LogP contribution in [0, 0.1) is 0 Å². The number of pyridine rings is 1. The SMILES string of the molecule is O=C(O)c1cn(Cc2ccco2)c(=O)c2ccccc12. The molecule has 0 spiro atoms. The van der Waals surface area contributed by atoms with E-state index in [1.54, 1.807) is 36.4 Å². The van der Waals surface area contributed by atoms with Gasteiger partial charge in [-0.25, -0.2) is 4.79 Å². The number of carboxylic acid groups (broad SMARTS) is 1. The Bertz CT molecular complexity index is 831. The molecule has 5 heteroatoms. The first kappa shape index (κ1) is 12.2. The Balaban J connectivity index is 2.25. The molecule has 0 atom stereocenters. The van der Waals surface area contributed by atoms with E-state index in [9.17, 15) is 14.7 Å². The Morgan fingerprint density at radius 3 is 2.55 bits per heavy atom. The van der Waals surface area contributed by atoms with Crippen LogP contribution >= 0.6 is 0 Å². The standard InChI is InChI=1S/C15H11NO4/c17-14-12-6-2-1-5-11(12)13(15(18)19)9-16(14)8-10-4-3-7-20-10/h1-7,9H,8H2,(H,18,19). The molecule has 0 saturated heterocycles. The van der Waals surface area contributed by atoms with Crippen molar-refractivity contribution >= 4 is 16.7 Å². The van der Waals surface area contributed by atoms with Crippen molar-refractivity contribution in [2.75, 3.05) is 0 Å². The third kappa shape index (κ3) is 1.99. The van der Waals surface area contributed by atoms with E-state index in [1.807, 2.05) is 0 Å². The molecule has 1 N–H and O–H groups in total. The first-order valence-corrected chi connectivity index (χ1v) is 6.04. The fourth-order valence-corrected chi connectivity index (χ4v) is 2.20. The van der Waals surface area contributed by atoms with Crippen LogP contribution in [0.5, 0.6) is 0 Å². The zero-order valence-corrected chi connectivity index (χ0v) is 10.4. The summed E-state index contributed by atoms with van der Waals surface area (Å²) >= 11 is 0. The largest absolute Gasteiger partial charge is 0.478 e. The highest BCUT2D eigenvalue weighted by atomic mass is 16.4. The van der Waals surface area contributed by atoms with Gasteiger partial charge in [0, 0.05) is 17.0 Å². The van der Waals surface area contributed by atoms with Gasteiger partial charge in [-0.3, -0.25) is 4.79 Å². The van der Waals surface area contributed by atoms with E-state index in [2.05, 4.69) is 0 Å². The van der Waals surface area contributed by atoms with E-state index in [0.29, 0.717) is 16.5 Å². The summed E-state index contributed by atoms with van der Waals surface area (Å²) < 4.78 is 6.55. The highest BCUT2D eigenvalue weighted by molar-refractivity contribution is 6.02. The molecular formula is C15H11NO4. The number of hydrogen-bond donors (Lipinski definition) is 1. The first-order valence-electron chi connectivity index (χ1n) is 6.04. The van der Waals surface area contributed by atoms with Gasteiger partial charge in [0.2, 0.25) is 0 Å². The number of benzene rings is 1. The number of aromatic nitrogens is 1. The molecule has 0 fully saturated rings. The molecule has 2 heterocycles. The van der Waals surface area contributed by atoms with E-state index in [1.165, 1.54) is 17.0 Å². The summed E-state index contributed by atoms with van der Waals surface area (Å²) in [5.41, 5.74) is -0.131. The van der Waals surface area contributed by atoms with Gasteiger partial charge in [0.05, 0.1) is 18.4 Å². The number of nitrogens with zero attached hydrogens (tertiary/aromatic N) is 1. The van der Waals surface area contributed by atoms with Crippen LogP contribution in [0.2, 0.25) is 0 Å². The fourth-order valence-electron chi connectivity index (χ4n) is 2.20. The number of fused-ring (bicyclic) bond motifs is 1. The molecule has 0 bridgehead atoms. The average molecular weight is 269 g/mol. The first-order chi connectivity index (χ1) is 9.66. The highest BCUT2D eigenvalue weighted by Gasteiger charge is 2.14. The van der Waals surface area contributed by atoms with Gasteiger partial charge < -0.3 is 14.1 Å². The van der Waals surface area contributed by atoms with Gasteiger partial charge in [-0.15, -0.1) is 0 Å². The summed E-state index contributed by atoms with van der Waals surface area (Å²) in [6.07, 6.45) is 2.87. The van der Waals surface area contributed by atoms with Gasteiger partial charge in [-0.05, 0) is 18.2 Å². The summed E-state index contributed by atoms with van der Waals surface area (Å²) in [5.74, 6) is -0.465. The summed E-state index contributed by atoms with van der Waals surface area (Å²) in [5, 5.41) is 10.1. The van der Waals surface area contributed by atoms with Crippen molar-refractivity contribution in [3.05, 3.63) is 70.5 Å². The third-order valence-electron chi connectivity index (χ3n) is 3.13. The van der Waals surface area contributed by atoms with Crippen molar-refractivity contribution in [2.45, 2.75) is 6.54 Å². The van der Waals surface area contributed by atoms with Crippen LogP contribution in [0.3, 0.4) is 0 Å². The van der Waals surface area contributed by atoms with Crippen molar-refractivity contribution in [1.29, 1.82) is 0 Å². The Morgan fingerprint density at radius 1 is 1.15 bits per heavy atom. The smallest absolute Gasteiger partial charge is 0.337 e. The Kier molecular flexibility index (Phi) is 2.87. The molecule has 0 aliphatic carbocycles. The molecule has 1 aromatic carbocycles. The Morgan fingerprint density at radius 2 is 1.90 bits per heavy atom. The van der Waals surface area contributed by atoms with Crippen LogP contribution < -0.4 is 5.56 Å². The monoisotopic (exact) mass is 269 g/mol. The van der Waals surface area contributed by atoms with Gasteiger partial charge in [0.15, 0.2) is 0 Å². The van der Waals surface area contributed by atoms with Crippen molar-refractivity contribution in [3.63, 3.8) is 0 Å². The molecule has 5 nitrogen and oxygen atoms in total. The third-order valence-corrected chi connectivity index (χ3v) is 3.13. The molecule has 20 heavy (non-hydrogen) atoms. The molecule has 0 unspecified atom stereocenters. The van der Waals surface area contributed by atoms with Crippen LogP contribution in [0.4, 0.5) is 0 Å². The molecule has 0 amide bonds. The number of rotatable bonds is 3. The summed E-state index contributed by atoms with van der Waals surface area (Å²) in [6, 6.07) is 10.2. The second kappa shape index (κ2) is 4.70. The van der Waals surface area contributed by atoms with Gasteiger partial charge in [0.1, 0.15) is 5.76 Å². The predicted molar refractivity (Wildman–Crippen MR) is 73.0 cm³/mol. The van der Waals surface area contributed by atoms with Crippen LogP contribution in [-0.4, -0.2) is 15.6 Å². The van der Waals surface area contributed by atoms with E-state index in [-0.39, 0.29) is 17.7 Å². The molecule has 3 aromatic rings. The Labute approximate surface area is 113 Å². The normalized spacial score (nSPS) is 10.8. The Hall–Kier alpha value is -2.82. The number of hydrogen-bond acceptors (Lipinski definition) is 3. The van der Waals surface area contributed by atoms with Gasteiger partial charge in [-0.2, -0.15) is 0 Å². The predicted octanol–water partition coefficient (Wildman–Crippen LogP) is 2.34. The van der Waals surface area contributed by atoms with Crippen LogP contribution in [-0.2, 0) is 6.54 Å². The van der Waals surface area contributed by atoms with Gasteiger partial charge in [0.25, 0.3) is 5.56 Å². The summed E-state index contributed by atoms with van der Waals surface area (Å²) in [4.78, 5) is 23.7. The molecule has 0 aliphatic heterocycles. The molecule has 0 saturated carbocycles. The lowest BCUT2D eigenvalue weighted by Crippen LogP contribution is -2.22. The van der Waals surface area contributed by atoms with Crippen molar-refractivity contribution in [3.8, 4) is 0 Å². The van der Waals surface area contributed by atoms with Crippen LogP contribution in [0.1, 0.15) is 16.1 Å². The van der Waals surface area contributed by atoms with Crippen LogP contribution in [0.15, 0.2) is 58.1 Å². The lowest BCUT2D eigenvalue weighted by molar-refractivity contribution is 0.0698. The van der Waals surface area contributed by atoms with Crippen molar-refractivity contribution in [1.82, 2.24) is 4.57 Å². The number of carbonyl (C=O) groups is 1. The highest BCUT2D eigenvalue weighted by Crippen LogP contribution is 2.16. The minimum absolute atomic E-state index is 0.103. The van der Waals surface area contributed by atoms with Gasteiger partial charge in [-0.1, -0.05) is 18.2 Å². The van der Waals surface area contributed by atoms with Gasteiger partial charge >= 0.3 is 5.97 Å². The number of furan rings is 1. The van der Waals surface area contributed by atoms with Crippen molar-refractivity contribution < 1.29 is 14.3 Å². The quantitative estimate of drug-likeness (QED) is 0.792.